The molecule has 0 aromatic heterocycles. The van der Waals surface area contributed by atoms with Crippen molar-refractivity contribution in [3.05, 3.63) is 41.8 Å². The molecule has 0 bridgehead atoms. The van der Waals surface area contributed by atoms with E-state index in [9.17, 15) is 0 Å². The average Bonchev–Trinajstić information content (AvgIpc) is 2.06. The van der Waals surface area contributed by atoms with Crippen LogP contribution >= 0.6 is 0 Å². The van der Waals surface area contributed by atoms with Gasteiger partial charge in [-0.15, -0.1) is 17.7 Å². The summed E-state index contributed by atoms with van der Waals surface area (Å²) in [6.07, 6.45) is 9.04. The largest absolute Gasteiger partial charge is 0.189 e. The zero-order valence-corrected chi connectivity index (χ0v) is 10.1. The Morgan fingerprint density at radius 2 is 1.85 bits per heavy atom. The molecule has 0 fully saturated rings. The maximum Gasteiger partial charge on any atom is 0 e. The minimum Gasteiger partial charge on any atom is -0.189 e. The zero-order valence-electron chi connectivity index (χ0n) is 7.87. The molecule has 1 aliphatic carbocycles. The van der Waals surface area contributed by atoms with Crippen molar-refractivity contribution in [2.45, 2.75) is 32.1 Å². The van der Waals surface area contributed by atoms with Crippen molar-refractivity contribution in [3.63, 3.8) is 0 Å². The van der Waals surface area contributed by atoms with Crippen molar-refractivity contribution in [3.8, 4) is 0 Å². The van der Waals surface area contributed by atoms with E-state index in [1.54, 1.807) is 0 Å². The van der Waals surface area contributed by atoms with Gasteiger partial charge in [-0.2, -0.15) is 18.1 Å². The summed E-state index contributed by atoms with van der Waals surface area (Å²) in [6, 6.07) is 8.78. The molecular formula is C12H15Nb-. The van der Waals surface area contributed by atoms with Crippen molar-refractivity contribution >= 4 is 0 Å². The van der Waals surface area contributed by atoms with Gasteiger partial charge in [0.25, 0.3) is 0 Å². The Morgan fingerprint density at radius 3 is 2.77 bits per heavy atom. The number of rotatable bonds is 0. The topological polar surface area (TPSA) is 0 Å². The molecule has 13 heavy (non-hydrogen) atoms. The number of aryl methyl sites for hydroxylation is 1. The number of benzene rings is 1. The SMILES string of the molecule is [Nb].c1ccc2c(c1)[CH-]CCCCC2. The Kier molecular flexibility index (Phi) is 4.65. The quantitative estimate of drug-likeness (QED) is 0.490. The third kappa shape index (κ3) is 2.91. The van der Waals surface area contributed by atoms with E-state index in [-0.39, 0.29) is 22.4 Å². The van der Waals surface area contributed by atoms with Gasteiger partial charge in [0, 0.05) is 22.4 Å². The number of fused-ring (bicyclic) bond motifs is 1. The number of hydrogen-bond donors (Lipinski definition) is 0. The Balaban J connectivity index is 0.000000845. The maximum atomic E-state index is 2.38. The van der Waals surface area contributed by atoms with Gasteiger partial charge >= 0.3 is 0 Å². The van der Waals surface area contributed by atoms with E-state index in [4.69, 9.17) is 0 Å². The molecular weight excluding hydrogens is 237 g/mol. The summed E-state index contributed by atoms with van der Waals surface area (Å²) in [7, 11) is 0. The molecule has 0 atom stereocenters. The minimum atomic E-state index is 0. The summed E-state index contributed by atoms with van der Waals surface area (Å²) >= 11 is 0. The summed E-state index contributed by atoms with van der Waals surface area (Å²) in [5, 5.41) is 0. The van der Waals surface area contributed by atoms with Crippen LogP contribution in [0.25, 0.3) is 0 Å². The van der Waals surface area contributed by atoms with Gasteiger partial charge < -0.3 is 0 Å². The Morgan fingerprint density at radius 1 is 1.00 bits per heavy atom. The maximum absolute atomic E-state index is 2.38. The Bertz CT molecular complexity index is 228. The van der Waals surface area contributed by atoms with E-state index in [1.807, 2.05) is 0 Å². The van der Waals surface area contributed by atoms with Crippen LogP contribution in [-0.4, -0.2) is 0 Å². The van der Waals surface area contributed by atoms with Gasteiger partial charge in [-0.05, 0) is 0 Å². The van der Waals surface area contributed by atoms with Gasteiger partial charge in [0.15, 0.2) is 0 Å². The summed E-state index contributed by atoms with van der Waals surface area (Å²) < 4.78 is 0. The van der Waals surface area contributed by atoms with Crippen molar-refractivity contribution in [2.24, 2.45) is 0 Å². The molecule has 0 heterocycles. The van der Waals surface area contributed by atoms with E-state index in [2.05, 4.69) is 30.7 Å². The van der Waals surface area contributed by atoms with Crippen LogP contribution in [0.1, 0.15) is 36.8 Å². The van der Waals surface area contributed by atoms with Crippen LogP contribution in [0.3, 0.4) is 0 Å². The molecule has 1 heteroatoms. The second-order valence-electron chi connectivity index (χ2n) is 3.50. The van der Waals surface area contributed by atoms with E-state index in [1.165, 1.54) is 43.2 Å². The fourth-order valence-corrected chi connectivity index (χ4v) is 1.86. The summed E-state index contributed by atoms with van der Waals surface area (Å²) in [4.78, 5) is 0. The molecule has 1 aromatic rings. The zero-order chi connectivity index (χ0) is 8.23. The van der Waals surface area contributed by atoms with Crippen molar-refractivity contribution in [2.75, 3.05) is 0 Å². The minimum absolute atomic E-state index is 0. The second-order valence-corrected chi connectivity index (χ2v) is 3.50. The Labute approximate surface area is 96.2 Å². The van der Waals surface area contributed by atoms with Crippen LogP contribution in [0.15, 0.2) is 24.3 Å². The molecule has 2 rings (SSSR count). The predicted octanol–water partition coefficient (Wildman–Crippen LogP) is 3.35. The summed E-state index contributed by atoms with van der Waals surface area (Å²) in [5.74, 6) is 0. The van der Waals surface area contributed by atoms with Gasteiger partial charge in [0.2, 0.25) is 0 Å². The van der Waals surface area contributed by atoms with Gasteiger partial charge in [-0.25, -0.2) is 0 Å². The molecule has 0 aliphatic heterocycles. The normalized spacial score (nSPS) is 15.7. The van der Waals surface area contributed by atoms with Gasteiger partial charge in [-0.1, -0.05) is 38.2 Å². The first kappa shape index (κ1) is 10.9. The van der Waals surface area contributed by atoms with Gasteiger partial charge in [0.05, 0.1) is 0 Å². The van der Waals surface area contributed by atoms with E-state index < -0.39 is 0 Å². The second kappa shape index (κ2) is 5.54. The fraction of sp³-hybridized carbons (Fsp3) is 0.417. The van der Waals surface area contributed by atoms with Crippen LogP contribution < -0.4 is 0 Å². The third-order valence-electron chi connectivity index (χ3n) is 2.57. The van der Waals surface area contributed by atoms with Crippen LogP contribution in [0.5, 0.6) is 0 Å². The molecule has 0 unspecified atom stereocenters. The fourth-order valence-electron chi connectivity index (χ4n) is 1.86. The first-order valence-electron chi connectivity index (χ1n) is 4.88. The molecule has 0 saturated heterocycles. The molecule has 1 aliphatic rings. The third-order valence-corrected chi connectivity index (χ3v) is 2.57. The van der Waals surface area contributed by atoms with Gasteiger partial charge in [-0.3, -0.25) is 0 Å². The van der Waals surface area contributed by atoms with Crippen LogP contribution in [0.2, 0.25) is 0 Å². The summed E-state index contributed by atoms with van der Waals surface area (Å²) in [5.41, 5.74) is 3.01. The molecule has 0 amide bonds. The first-order chi connectivity index (χ1) is 5.97. The van der Waals surface area contributed by atoms with Crippen LogP contribution in [-0.2, 0) is 28.8 Å². The van der Waals surface area contributed by atoms with E-state index in [0.29, 0.717) is 0 Å². The van der Waals surface area contributed by atoms with Crippen LogP contribution in [0.4, 0.5) is 0 Å². The predicted molar refractivity (Wildman–Crippen MR) is 52.0 cm³/mol. The standard InChI is InChI=1S/C12H15.Nb/c1-2-4-8-12-10-6-5-9-11(12)7-3-1;/h5-7,9-10H,1-4,8H2;/q-1;. The monoisotopic (exact) mass is 252 g/mol. The molecule has 0 spiro atoms. The van der Waals surface area contributed by atoms with Crippen molar-refractivity contribution < 1.29 is 22.4 Å². The average molecular weight is 252 g/mol. The molecule has 69 valence electrons. The molecule has 0 nitrogen and oxygen atoms in total. The molecule has 1 radical (unpaired) electrons. The number of hydrogen-bond acceptors (Lipinski definition) is 0. The van der Waals surface area contributed by atoms with Crippen molar-refractivity contribution in [1.29, 1.82) is 0 Å². The van der Waals surface area contributed by atoms with Crippen LogP contribution in [0, 0.1) is 6.42 Å². The van der Waals surface area contributed by atoms with E-state index in [0.717, 1.165) is 0 Å². The molecule has 0 saturated carbocycles. The molecule has 0 N–H and O–H groups in total. The van der Waals surface area contributed by atoms with Gasteiger partial charge in [0.1, 0.15) is 0 Å². The first-order valence-corrected chi connectivity index (χ1v) is 4.88. The summed E-state index contributed by atoms with van der Waals surface area (Å²) in [6.45, 7) is 0. The van der Waals surface area contributed by atoms with Crippen molar-refractivity contribution in [1.82, 2.24) is 0 Å². The molecule has 1 aromatic carbocycles. The smallest absolute Gasteiger partial charge is 0 e. The Hall–Kier alpha value is -0.170. The van der Waals surface area contributed by atoms with E-state index >= 15 is 0 Å².